The molecule has 0 atom stereocenters. The van der Waals surface area contributed by atoms with Crippen LogP contribution in [0.25, 0.3) is 0 Å². The fourth-order valence-electron chi connectivity index (χ4n) is 2.85. The van der Waals surface area contributed by atoms with E-state index in [0.29, 0.717) is 30.3 Å². The van der Waals surface area contributed by atoms with Gasteiger partial charge in [0.05, 0.1) is 12.7 Å². The smallest absolute Gasteiger partial charge is 0.319 e. The number of rotatable bonds is 4. The Balaban J connectivity index is 1.57. The summed E-state index contributed by atoms with van der Waals surface area (Å²) in [5, 5.41) is 0. The molecule has 7 nitrogen and oxygen atoms in total. The molecule has 7 heteroatoms. The van der Waals surface area contributed by atoms with Gasteiger partial charge in [-0.2, -0.15) is 4.98 Å². The van der Waals surface area contributed by atoms with Crippen molar-refractivity contribution in [3.63, 3.8) is 0 Å². The summed E-state index contributed by atoms with van der Waals surface area (Å²) in [7, 11) is 1.52. The fourth-order valence-corrected chi connectivity index (χ4v) is 2.85. The minimum Gasteiger partial charge on any atom is -0.474 e. The first kappa shape index (κ1) is 16.3. The van der Waals surface area contributed by atoms with E-state index in [0.717, 1.165) is 18.6 Å². The van der Waals surface area contributed by atoms with Crippen molar-refractivity contribution in [1.29, 1.82) is 0 Å². The Kier molecular flexibility index (Phi) is 4.69. The molecule has 0 spiro atoms. The quantitative estimate of drug-likeness (QED) is 0.856. The summed E-state index contributed by atoms with van der Waals surface area (Å²) in [4.78, 5) is 22.5. The summed E-state index contributed by atoms with van der Waals surface area (Å²) in [5.74, 6) is 1.94. The minimum atomic E-state index is 0.0199. The number of ether oxygens (including phenoxy) is 2. The third-order valence-electron chi connectivity index (χ3n) is 4.08. The normalized spacial score (nSPS) is 15.4. The summed E-state index contributed by atoms with van der Waals surface area (Å²) in [5.41, 5.74) is 0.646. The number of aryl methyl sites for hydroxylation is 2. The van der Waals surface area contributed by atoms with Crippen molar-refractivity contribution in [2.24, 2.45) is 0 Å². The van der Waals surface area contributed by atoms with E-state index >= 15 is 0 Å². The Bertz CT molecular complexity index is 720. The molecule has 0 aliphatic carbocycles. The van der Waals surface area contributed by atoms with E-state index in [4.69, 9.17) is 13.9 Å². The first-order chi connectivity index (χ1) is 11.6. The molecular weight excluding hydrogens is 310 g/mol. The van der Waals surface area contributed by atoms with E-state index < -0.39 is 0 Å². The van der Waals surface area contributed by atoms with Crippen LogP contribution in [0, 0.1) is 13.8 Å². The third-order valence-corrected chi connectivity index (χ3v) is 4.08. The van der Waals surface area contributed by atoms with E-state index in [1.165, 1.54) is 7.11 Å². The molecule has 0 unspecified atom stereocenters. The molecule has 0 aromatic carbocycles. The second-order valence-corrected chi connectivity index (χ2v) is 5.82. The zero-order valence-electron chi connectivity index (χ0n) is 14.1. The lowest BCUT2D eigenvalue weighted by molar-refractivity contribution is 0.0585. The van der Waals surface area contributed by atoms with Crippen LogP contribution >= 0.6 is 0 Å². The Morgan fingerprint density at radius 3 is 2.71 bits per heavy atom. The van der Waals surface area contributed by atoms with Crippen molar-refractivity contribution < 1.29 is 18.7 Å². The summed E-state index contributed by atoms with van der Waals surface area (Å²) in [6.07, 6.45) is 3.15. The topological polar surface area (TPSA) is 77.7 Å². The second kappa shape index (κ2) is 6.90. The maximum Gasteiger partial charge on any atom is 0.319 e. The number of aromatic nitrogens is 2. The number of carbonyl (C=O) groups excluding carboxylic acids is 1. The van der Waals surface area contributed by atoms with Crippen LogP contribution in [0.1, 0.15) is 34.7 Å². The molecule has 0 N–H and O–H groups in total. The molecule has 24 heavy (non-hydrogen) atoms. The SMILES string of the molecule is COc1nccc(OC2CCN(C(=O)c3cc(C)oc3C)CC2)n1. The van der Waals surface area contributed by atoms with Gasteiger partial charge in [0.25, 0.3) is 5.91 Å². The summed E-state index contributed by atoms with van der Waals surface area (Å²) < 4.78 is 16.3. The molecule has 128 valence electrons. The largest absolute Gasteiger partial charge is 0.474 e. The Hall–Kier alpha value is -2.57. The highest BCUT2D eigenvalue weighted by Crippen LogP contribution is 2.22. The molecule has 0 bridgehead atoms. The molecule has 1 fully saturated rings. The van der Waals surface area contributed by atoms with Crippen LogP contribution in [0.3, 0.4) is 0 Å². The highest BCUT2D eigenvalue weighted by Gasteiger charge is 2.27. The van der Waals surface area contributed by atoms with Crippen LogP contribution < -0.4 is 9.47 Å². The first-order valence-electron chi connectivity index (χ1n) is 7.97. The molecule has 1 amide bonds. The van der Waals surface area contributed by atoms with Gasteiger partial charge < -0.3 is 18.8 Å². The monoisotopic (exact) mass is 331 g/mol. The maximum absolute atomic E-state index is 12.6. The number of piperidine rings is 1. The highest BCUT2D eigenvalue weighted by atomic mass is 16.5. The molecule has 0 saturated carbocycles. The van der Waals surface area contributed by atoms with Crippen LogP contribution in [0.15, 0.2) is 22.7 Å². The lowest BCUT2D eigenvalue weighted by Crippen LogP contribution is -2.41. The summed E-state index contributed by atoms with van der Waals surface area (Å²) in [6.45, 7) is 4.96. The van der Waals surface area contributed by atoms with Gasteiger partial charge in [-0.15, -0.1) is 0 Å². The van der Waals surface area contributed by atoms with Gasteiger partial charge in [0, 0.05) is 38.2 Å². The number of likely N-dealkylation sites (tertiary alicyclic amines) is 1. The van der Waals surface area contributed by atoms with E-state index in [2.05, 4.69) is 9.97 Å². The predicted molar refractivity (Wildman–Crippen MR) is 86.3 cm³/mol. The number of amides is 1. The minimum absolute atomic E-state index is 0.0199. The zero-order valence-corrected chi connectivity index (χ0v) is 14.1. The van der Waals surface area contributed by atoms with Crippen molar-refractivity contribution in [3.8, 4) is 11.9 Å². The lowest BCUT2D eigenvalue weighted by Gasteiger charge is -2.31. The number of nitrogens with zero attached hydrogens (tertiary/aromatic N) is 3. The Morgan fingerprint density at radius 1 is 1.33 bits per heavy atom. The van der Waals surface area contributed by atoms with Gasteiger partial charge >= 0.3 is 6.01 Å². The molecule has 1 saturated heterocycles. The van der Waals surface area contributed by atoms with Crippen LogP contribution in [-0.4, -0.2) is 47.1 Å². The highest BCUT2D eigenvalue weighted by molar-refractivity contribution is 5.95. The number of hydrogen-bond acceptors (Lipinski definition) is 6. The van der Waals surface area contributed by atoms with Crippen LogP contribution in [-0.2, 0) is 0 Å². The average Bonchev–Trinajstić information content (AvgIpc) is 2.93. The second-order valence-electron chi connectivity index (χ2n) is 5.82. The van der Waals surface area contributed by atoms with Crippen molar-refractivity contribution in [2.75, 3.05) is 20.2 Å². The van der Waals surface area contributed by atoms with E-state index in [9.17, 15) is 4.79 Å². The maximum atomic E-state index is 12.6. The van der Waals surface area contributed by atoms with Gasteiger partial charge in [0.1, 0.15) is 17.6 Å². The molecular formula is C17H21N3O4. The van der Waals surface area contributed by atoms with Crippen LogP contribution in [0.5, 0.6) is 11.9 Å². The van der Waals surface area contributed by atoms with Crippen molar-refractivity contribution in [1.82, 2.24) is 14.9 Å². The average molecular weight is 331 g/mol. The molecule has 1 aliphatic rings. The molecule has 2 aromatic rings. The van der Waals surface area contributed by atoms with Gasteiger partial charge in [-0.3, -0.25) is 4.79 Å². The standard InChI is InChI=1S/C17H21N3O4/c1-11-10-14(12(2)23-11)16(21)20-8-5-13(6-9-20)24-15-4-7-18-17(19-15)22-3/h4,7,10,13H,5-6,8-9H2,1-3H3. The zero-order chi connectivity index (χ0) is 17.1. The van der Waals surface area contributed by atoms with Gasteiger partial charge in [0.2, 0.25) is 5.88 Å². The van der Waals surface area contributed by atoms with Gasteiger partial charge in [-0.1, -0.05) is 0 Å². The Labute approximate surface area is 140 Å². The molecule has 3 heterocycles. The van der Waals surface area contributed by atoms with Gasteiger partial charge in [0.15, 0.2) is 0 Å². The van der Waals surface area contributed by atoms with Crippen molar-refractivity contribution >= 4 is 5.91 Å². The Morgan fingerprint density at radius 2 is 2.08 bits per heavy atom. The molecule has 0 radical (unpaired) electrons. The summed E-state index contributed by atoms with van der Waals surface area (Å²) >= 11 is 0. The number of methoxy groups -OCH3 is 1. The third kappa shape index (κ3) is 3.50. The van der Waals surface area contributed by atoms with Crippen molar-refractivity contribution in [2.45, 2.75) is 32.8 Å². The van der Waals surface area contributed by atoms with Crippen LogP contribution in [0.2, 0.25) is 0 Å². The molecule has 3 rings (SSSR count). The summed E-state index contributed by atoms with van der Waals surface area (Å²) in [6, 6.07) is 3.79. The van der Waals surface area contributed by atoms with Crippen LogP contribution in [0.4, 0.5) is 0 Å². The molecule has 2 aromatic heterocycles. The fraction of sp³-hybridized carbons (Fsp3) is 0.471. The number of furan rings is 1. The number of carbonyl (C=O) groups is 1. The van der Waals surface area contributed by atoms with E-state index in [-0.39, 0.29) is 18.0 Å². The van der Waals surface area contributed by atoms with Gasteiger partial charge in [-0.05, 0) is 19.9 Å². The lowest BCUT2D eigenvalue weighted by atomic mass is 10.1. The predicted octanol–water partition coefficient (Wildman–Crippen LogP) is 2.38. The number of hydrogen-bond donors (Lipinski definition) is 0. The molecule has 1 aliphatic heterocycles. The van der Waals surface area contributed by atoms with Crippen molar-refractivity contribution in [3.05, 3.63) is 35.4 Å². The van der Waals surface area contributed by atoms with E-state index in [1.807, 2.05) is 18.7 Å². The van der Waals surface area contributed by atoms with Gasteiger partial charge in [-0.25, -0.2) is 4.98 Å². The first-order valence-corrected chi connectivity index (χ1v) is 7.97. The van der Waals surface area contributed by atoms with E-state index in [1.54, 1.807) is 18.3 Å².